The van der Waals surface area contributed by atoms with Crippen molar-refractivity contribution in [1.82, 2.24) is 0 Å². The highest BCUT2D eigenvalue weighted by molar-refractivity contribution is 5.75. The molecule has 1 rings (SSSR count). The van der Waals surface area contributed by atoms with Crippen LogP contribution in [0.5, 0.6) is 0 Å². The molecule has 0 unspecified atom stereocenters. The standard InChI is InChI=1S/C8H12O3/c1-11-8(10)6-4-2-3-5-7(6)9/h2,4,6-7,9H,3,5H2,1H3/t6-,7-/m1/s1. The molecule has 0 heterocycles. The van der Waals surface area contributed by atoms with Gasteiger partial charge in [-0.2, -0.15) is 0 Å². The first-order valence-electron chi connectivity index (χ1n) is 3.68. The minimum Gasteiger partial charge on any atom is -0.468 e. The van der Waals surface area contributed by atoms with Crippen LogP contribution in [-0.2, 0) is 9.53 Å². The van der Waals surface area contributed by atoms with Crippen LogP contribution in [0.1, 0.15) is 12.8 Å². The van der Waals surface area contributed by atoms with Gasteiger partial charge in [-0.05, 0) is 12.8 Å². The van der Waals surface area contributed by atoms with E-state index >= 15 is 0 Å². The van der Waals surface area contributed by atoms with E-state index in [0.717, 1.165) is 6.42 Å². The Balaban J connectivity index is 2.61. The van der Waals surface area contributed by atoms with E-state index in [0.29, 0.717) is 6.42 Å². The monoisotopic (exact) mass is 156 g/mol. The van der Waals surface area contributed by atoms with Crippen LogP contribution in [0.4, 0.5) is 0 Å². The first-order valence-corrected chi connectivity index (χ1v) is 3.68. The molecule has 62 valence electrons. The van der Waals surface area contributed by atoms with Crippen molar-refractivity contribution in [2.45, 2.75) is 18.9 Å². The molecular weight excluding hydrogens is 144 g/mol. The van der Waals surface area contributed by atoms with Gasteiger partial charge in [-0.3, -0.25) is 4.79 Å². The molecule has 0 saturated heterocycles. The lowest BCUT2D eigenvalue weighted by molar-refractivity contribution is -0.147. The lowest BCUT2D eigenvalue weighted by Gasteiger charge is -2.20. The molecule has 0 aliphatic heterocycles. The molecule has 0 fully saturated rings. The second-order valence-corrected chi connectivity index (χ2v) is 2.62. The summed E-state index contributed by atoms with van der Waals surface area (Å²) in [6.45, 7) is 0. The number of methoxy groups -OCH3 is 1. The van der Waals surface area contributed by atoms with E-state index in [1.807, 2.05) is 6.08 Å². The molecule has 0 aromatic carbocycles. The van der Waals surface area contributed by atoms with Gasteiger partial charge in [-0.15, -0.1) is 0 Å². The van der Waals surface area contributed by atoms with Crippen LogP contribution in [0.25, 0.3) is 0 Å². The number of carbonyl (C=O) groups is 1. The van der Waals surface area contributed by atoms with E-state index in [-0.39, 0.29) is 5.97 Å². The van der Waals surface area contributed by atoms with E-state index in [1.165, 1.54) is 7.11 Å². The minimum atomic E-state index is -0.563. The third-order valence-corrected chi connectivity index (χ3v) is 1.86. The van der Waals surface area contributed by atoms with Crippen molar-refractivity contribution in [2.24, 2.45) is 5.92 Å². The Labute approximate surface area is 65.7 Å². The van der Waals surface area contributed by atoms with Crippen molar-refractivity contribution in [2.75, 3.05) is 7.11 Å². The van der Waals surface area contributed by atoms with E-state index < -0.39 is 12.0 Å². The molecule has 0 spiro atoms. The molecule has 1 aliphatic carbocycles. The molecule has 0 radical (unpaired) electrons. The van der Waals surface area contributed by atoms with Gasteiger partial charge < -0.3 is 9.84 Å². The quantitative estimate of drug-likeness (QED) is 0.444. The Bertz CT molecular complexity index is 174. The maximum atomic E-state index is 10.9. The van der Waals surface area contributed by atoms with Gasteiger partial charge in [-0.25, -0.2) is 0 Å². The molecule has 1 N–H and O–H groups in total. The van der Waals surface area contributed by atoms with E-state index in [2.05, 4.69) is 4.74 Å². The summed E-state index contributed by atoms with van der Waals surface area (Å²) >= 11 is 0. The summed E-state index contributed by atoms with van der Waals surface area (Å²) < 4.78 is 4.51. The number of hydrogen-bond donors (Lipinski definition) is 1. The number of aliphatic hydroxyl groups is 1. The molecule has 0 aromatic rings. The Morgan fingerprint density at radius 2 is 2.45 bits per heavy atom. The number of aliphatic hydroxyl groups excluding tert-OH is 1. The molecule has 0 amide bonds. The molecule has 1 aliphatic rings. The normalized spacial score (nSPS) is 30.0. The lowest BCUT2D eigenvalue weighted by atomic mass is 9.93. The van der Waals surface area contributed by atoms with Gasteiger partial charge in [0.2, 0.25) is 0 Å². The Morgan fingerprint density at radius 3 is 3.00 bits per heavy atom. The summed E-state index contributed by atoms with van der Waals surface area (Å²) in [5, 5.41) is 9.32. The number of hydrogen-bond acceptors (Lipinski definition) is 3. The third-order valence-electron chi connectivity index (χ3n) is 1.86. The molecule has 11 heavy (non-hydrogen) atoms. The first kappa shape index (κ1) is 8.27. The highest BCUT2D eigenvalue weighted by Gasteiger charge is 2.26. The average Bonchev–Trinajstić information content (AvgIpc) is 2.04. The smallest absolute Gasteiger partial charge is 0.315 e. The topological polar surface area (TPSA) is 46.5 Å². The zero-order valence-electron chi connectivity index (χ0n) is 6.49. The summed E-state index contributed by atoms with van der Waals surface area (Å²) in [5.41, 5.74) is 0. The molecule has 2 atom stereocenters. The fraction of sp³-hybridized carbons (Fsp3) is 0.625. The second kappa shape index (κ2) is 3.53. The van der Waals surface area contributed by atoms with Crippen LogP contribution in [0.15, 0.2) is 12.2 Å². The van der Waals surface area contributed by atoms with Gasteiger partial charge in [0.05, 0.1) is 13.2 Å². The summed E-state index contributed by atoms with van der Waals surface area (Å²) in [6, 6.07) is 0. The number of ether oxygens (including phenoxy) is 1. The van der Waals surface area contributed by atoms with Crippen LogP contribution in [-0.4, -0.2) is 24.3 Å². The predicted molar refractivity (Wildman–Crippen MR) is 39.9 cm³/mol. The van der Waals surface area contributed by atoms with Crippen molar-refractivity contribution in [1.29, 1.82) is 0 Å². The van der Waals surface area contributed by atoms with E-state index in [9.17, 15) is 9.90 Å². The fourth-order valence-corrected chi connectivity index (χ4v) is 1.19. The van der Waals surface area contributed by atoms with Crippen LogP contribution in [0, 0.1) is 5.92 Å². The zero-order chi connectivity index (χ0) is 8.27. The molecule has 3 nitrogen and oxygen atoms in total. The number of rotatable bonds is 1. The van der Waals surface area contributed by atoms with E-state index in [4.69, 9.17) is 0 Å². The average molecular weight is 156 g/mol. The van der Waals surface area contributed by atoms with Crippen molar-refractivity contribution in [3.05, 3.63) is 12.2 Å². The van der Waals surface area contributed by atoms with Crippen molar-refractivity contribution < 1.29 is 14.6 Å². The van der Waals surface area contributed by atoms with Gasteiger partial charge in [-0.1, -0.05) is 12.2 Å². The maximum Gasteiger partial charge on any atom is 0.315 e. The zero-order valence-corrected chi connectivity index (χ0v) is 6.49. The SMILES string of the molecule is COC(=O)[C@@H]1C=CCC[C@H]1O. The van der Waals surface area contributed by atoms with Crippen molar-refractivity contribution in [3.8, 4) is 0 Å². The molecule has 0 saturated carbocycles. The van der Waals surface area contributed by atoms with Crippen LogP contribution in [0.3, 0.4) is 0 Å². The minimum absolute atomic E-state index is 0.353. The van der Waals surface area contributed by atoms with Gasteiger partial charge in [0.15, 0.2) is 0 Å². The van der Waals surface area contributed by atoms with Crippen LogP contribution >= 0.6 is 0 Å². The fourth-order valence-electron chi connectivity index (χ4n) is 1.19. The number of carbonyl (C=O) groups excluding carboxylic acids is 1. The highest BCUT2D eigenvalue weighted by Crippen LogP contribution is 2.18. The predicted octanol–water partition coefficient (Wildman–Crippen LogP) is 0.486. The van der Waals surface area contributed by atoms with Gasteiger partial charge in [0.1, 0.15) is 5.92 Å². The van der Waals surface area contributed by atoms with Gasteiger partial charge in [0, 0.05) is 0 Å². The summed E-state index contributed by atoms with van der Waals surface area (Å²) in [5.74, 6) is -0.804. The summed E-state index contributed by atoms with van der Waals surface area (Å²) in [6.07, 6.45) is 4.53. The largest absolute Gasteiger partial charge is 0.468 e. The first-order chi connectivity index (χ1) is 5.25. The lowest BCUT2D eigenvalue weighted by Crippen LogP contribution is -2.29. The molecular formula is C8H12O3. The van der Waals surface area contributed by atoms with E-state index in [1.54, 1.807) is 6.08 Å². The highest BCUT2D eigenvalue weighted by atomic mass is 16.5. The molecule has 0 aromatic heterocycles. The third kappa shape index (κ3) is 1.80. The Kier molecular flexibility index (Phi) is 2.65. The van der Waals surface area contributed by atoms with Crippen LogP contribution in [0.2, 0.25) is 0 Å². The van der Waals surface area contributed by atoms with Crippen molar-refractivity contribution >= 4 is 5.97 Å². The summed E-state index contributed by atoms with van der Waals surface area (Å²) in [4.78, 5) is 10.9. The Hall–Kier alpha value is -0.830. The number of allylic oxidation sites excluding steroid dienone is 1. The van der Waals surface area contributed by atoms with Gasteiger partial charge in [0.25, 0.3) is 0 Å². The second-order valence-electron chi connectivity index (χ2n) is 2.62. The number of esters is 1. The van der Waals surface area contributed by atoms with Gasteiger partial charge >= 0.3 is 5.97 Å². The summed E-state index contributed by atoms with van der Waals surface area (Å²) in [7, 11) is 1.33. The van der Waals surface area contributed by atoms with Crippen molar-refractivity contribution in [3.63, 3.8) is 0 Å². The Morgan fingerprint density at radius 1 is 1.73 bits per heavy atom. The van der Waals surface area contributed by atoms with Crippen LogP contribution < -0.4 is 0 Å². The molecule has 3 heteroatoms. The maximum absolute atomic E-state index is 10.9. The molecule has 0 bridgehead atoms.